The number of carbonyl (C=O) groups is 2. The first kappa shape index (κ1) is 16.5. The molecule has 2 rings (SSSR count). The van der Waals surface area contributed by atoms with Gasteiger partial charge >= 0.3 is 0 Å². The monoisotopic (exact) mass is 302 g/mol. The average molecular weight is 302 g/mol. The molecule has 1 aliphatic rings. The Balaban J connectivity index is 2.20. The largest absolute Gasteiger partial charge is 0.356 e. The number of likely N-dealkylation sites (tertiary alicyclic amines) is 1. The van der Waals surface area contributed by atoms with Gasteiger partial charge in [0.05, 0.1) is 12.0 Å². The van der Waals surface area contributed by atoms with Gasteiger partial charge in [0.1, 0.15) is 0 Å². The summed E-state index contributed by atoms with van der Waals surface area (Å²) < 4.78 is 0. The van der Waals surface area contributed by atoms with Crippen LogP contribution in [0.5, 0.6) is 0 Å². The van der Waals surface area contributed by atoms with Crippen LogP contribution in [0.1, 0.15) is 49.8 Å². The summed E-state index contributed by atoms with van der Waals surface area (Å²) in [5, 5.41) is 3.02. The predicted octanol–water partition coefficient (Wildman–Crippen LogP) is 2.82. The molecule has 1 aromatic rings. The van der Waals surface area contributed by atoms with Crippen LogP contribution in [0.3, 0.4) is 0 Å². The molecule has 2 amide bonds. The van der Waals surface area contributed by atoms with Crippen molar-refractivity contribution < 1.29 is 9.59 Å². The fourth-order valence-corrected chi connectivity index (χ4v) is 3.05. The van der Waals surface area contributed by atoms with Crippen LogP contribution in [-0.2, 0) is 9.59 Å². The molecule has 4 nitrogen and oxygen atoms in total. The Kier molecular flexibility index (Phi) is 5.58. The third kappa shape index (κ3) is 3.67. The summed E-state index contributed by atoms with van der Waals surface area (Å²) in [5.41, 5.74) is 2.22. The van der Waals surface area contributed by atoms with E-state index < -0.39 is 0 Å². The number of unbranched alkanes of at least 4 members (excludes halogenated alkanes) is 1. The fraction of sp³-hybridized carbons (Fsp3) is 0.556. The molecule has 1 N–H and O–H groups in total. The van der Waals surface area contributed by atoms with E-state index in [1.165, 1.54) is 5.56 Å². The highest BCUT2D eigenvalue weighted by Crippen LogP contribution is 2.35. The Bertz CT molecular complexity index is 524. The lowest BCUT2D eigenvalue weighted by atomic mass is 9.83. The Hall–Kier alpha value is -1.84. The highest BCUT2D eigenvalue weighted by molar-refractivity contribution is 5.84. The van der Waals surface area contributed by atoms with E-state index in [1.54, 1.807) is 11.9 Å². The number of hydrogen-bond donors (Lipinski definition) is 1. The smallest absolute Gasteiger partial charge is 0.225 e. The van der Waals surface area contributed by atoms with Crippen LogP contribution < -0.4 is 5.32 Å². The van der Waals surface area contributed by atoms with Crippen molar-refractivity contribution in [1.82, 2.24) is 10.2 Å². The van der Waals surface area contributed by atoms with Crippen molar-refractivity contribution >= 4 is 11.8 Å². The molecular formula is C18H26N2O2. The maximum atomic E-state index is 12.5. The third-order valence-corrected chi connectivity index (χ3v) is 4.45. The molecule has 1 heterocycles. The lowest BCUT2D eigenvalue weighted by molar-refractivity contribution is -0.141. The van der Waals surface area contributed by atoms with E-state index in [-0.39, 0.29) is 23.8 Å². The zero-order valence-electron chi connectivity index (χ0n) is 13.8. The summed E-state index contributed by atoms with van der Waals surface area (Å²) in [6.07, 6.45) is 3.12. The van der Waals surface area contributed by atoms with Crippen LogP contribution in [-0.4, -0.2) is 30.3 Å². The summed E-state index contributed by atoms with van der Waals surface area (Å²) >= 11 is 0. The Morgan fingerprint density at radius 2 is 2.00 bits per heavy atom. The number of rotatable bonds is 5. The maximum Gasteiger partial charge on any atom is 0.225 e. The van der Waals surface area contributed by atoms with Crippen molar-refractivity contribution in [1.29, 1.82) is 0 Å². The molecule has 0 aliphatic carbocycles. The molecule has 1 fully saturated rings. The number of amides is 2. The summed E-state index contributed by atoms with van der Waals surface area (Å²) in [7, 11) is 1.80. The van der Waals surface area contributed by atoms with Crippen LogP contribution >= 0.6 is 0 Å². The van der Waals surface area contributed by atoms with Crippen LogP contribution in [0.4, 0.5) is 0 Å². The lowest BCUT2D eigenvalue weighted by Gasteiger charge is -2.38. The van der Waals surface area contributed by atoms with Crippen LogP contribution in [0, 0.1) is 12.8 Å². The number of carbonyl (C=O) groups excluding carboxylic acids is 2. The van der Waals surface area contributed by atoms with Gasteiger partial charge in [-0.1, -0.05) is 43.2 Å². The molecule has 2 atom stereocenters. The normalized spacial score (nSPS) is 21.8. The first-order valence-corrected chi connectivity index (χ1v) is 8.14. The second kappa shape index (κ2) is 7.43. The highest BCUT2D eigenvalue weighted by Gasteiger charge is 2.38. The minimum Gasteiger partial charge on any atom is -0.356 e. The second-order valence-electron chi connectivity index (χ2n) is 6.15. The van der Waals surface area contributed by atoms with E-state index >= 15 is 0 Å². The van der Waals surface area contributed by atoms with Gasteiger partial charge in [-0.3, -0.25) is 9.59 Å². The van der Waals surface area contributed by atoms with E-state index in [4.69, 9.17) is 0 Å². The van der Waals surface area contributed by atoms with Gasteiger partial charge < -0.3 is 10.2 Å². The van der Waals surface area contributed by atoms with Gasteiger partial charge in [0.15, 0.2) is 0 Å². The number of nitrogens with zero attached hydrogens (tertiary/aromatic N) is 1. The number of piperidine rings is 1. The van der Waals surface area contributed by atoms with Crippen molar-refractivity contribution in [2.45, 2.75) is 45.6 Å². The third-order valence-electron chi connectivity index (χ3n) is 4.45. The fourth-order valence-electron chi connectivity index (χ4n) is 3.05. The van der Waals surface area contributed by atoms with Gasteiger partial charge in [0, 0.05) is 20.0 Å². The van der Waals surface area contributed by atoms with Gasteiger partial charge in [0.25, 0.3) is 0 Å². The number of benzene rings is 1. The minimum atomic E-state index is -0.165. The molecule has 0 spiro atoms. The van der Waals surface area contributed by atoms with Crippen molar-refractivity contribution in [3.05, 3.63) is 35.4 Å². The molecule has 1 aliphatic heterocycles. The molecule has 120 valence electrons. The average Bonchev–Trinajstić information content (AvgIpc) is 2.51. The number of hydrogen-bond acceptors (Lipinski definition) is 2. The zero-order valence-corrected chi connectivity index (χ0v) is 13.8. The van der Waals surface area contributed by atoms with E-state index in [1.807, 2.05) is 31.2 Å². The standard InChI is InChI=1S/C18H26N2O2/c1-4-5-12-19-18(22)15-10-11-16(21)20(3)17(15)14-8-6-13(2)7-9-14/h6-9,15,17H,4-5,10-12H2,1-3H3,(H,19,22)/t15-,17-/m0/s1. The van der Waals surface area contributed by atoms with Crippen LogP contribution in [0.2, 0.25) is 0 Å². The maximum absolute atomic E-state index is 12.5. The summed E-state index contributed by atoms with van der Waals surface area (Å²) in [5.74, 6) is 0.0174. The number of nitrogens with one attached hydrogen (secondary N) is 1. The zero-order chi connectivity index (χ0) is 16.1. The second-order valence-corrected chi connectivity index (χ2v) is 6.15. The van der Waals surface area contributed by atoms with Crippen molar-refractivity contribution in [3.8, 4) is 0 Å². The molecule has 0 saturated carbocycles. The molecule has 1 aromatic carbocycles. The van der Waals surface area contributed by atoms with E-state index in [0.717, 1.165) is 18.4 Å². The first-order chi connectivity index (χ1) is 10.5. The SMILES string of the molecule is CCCCNC(=O)[C@H]1CCC(=O)N(C)[C@H]1c1ccc(C)cc1. The Morgan fingerprint density at radius 1 is 1.32 bits per heavy atom. The van der Waals surface area contributed by atoms with Gasteiger partial charge in [0.2, 0.25) is 11.8 Å². The Morgan fingerprint density at radius 3 is 2.64 bits per heavy atom. The summed E-state index contributed by atoms with van der Waals surface area (Å²) in [6.45, 7) is 4.85. The van der Waals surface area contributed by atoms with Gasteiger partial charge in [-0.2, -0.15) is 0 Å². The van der Waals surface area contributed by atoms with Gasteiger partial charge in [-0.15, -0.1) is 0 Å². The first-order valence-electron chi connectivity index (χ1n) is 8.14. The van der Waals surface area contributed by atoms with Crippen molar-refractivity contribution in [2.24, 2.45) is 5.92 Å². The number of aryl methyl sites for hydroxylation is 1. The summed E-state index contributed by atoms with van der Waals surface area (Å²) in [4.78, 5) is 26.3. The molecule has 0 unspecified atom stereocenters. The van der Waals surface area contributed by atoms with Crippen molar-refractivity contribution in [3.63, 3.8) is 0 Å². The molecule has 0 aromatic heterocycles. The molecule has 22 heavy (non-hydrogen) atoms. The molecular weight excluding hydrogens is 276 g/mol. The lowest BCUT2D eigenvalue weighted by Crippen LogP contribution is -2.46. The van der Waals surface area contributed by atoms with E-state index in [0.29, 0.717) is 19.4 Å². The summed E-state index contributed by atoms with van der Waals surface area (Å²) in [6, 6.07) is 7.97. The van der Waals surface area contributed by atoms with Crippen LogP contribution in [0.25, 0.3) is 0 Å². The van der Waals surface area contributed by atoms with Crippen LogP contribution in [0.15, 0.2) is 24.3 Å². The molecule has 1 saturated heterocycles. The molecule has 4 heteroatoms. The quantitative estimate of drug-likeness (QED) is 0.850. The van der Waals surface area contributed by atoms with E-state index in [9.17, 15) is 9.59 Å². The molecule has 0 radical (unpaired) electrons. The van der Waals surface area contributed by atoms with Gasteiger partial charge in [-0.25, -0.2) is 0 Å². The Labute approximate surface area is 132 Å². The molecule has 0 bridgehead atoms. The highest BCUT2D eigenvalue weighted by atomic mass is 16.2. The minimum absolute atomic E-state index is 0.0679. The topological polar surface area (TPSA) is 49.4 Å². The van der Waals surface area contributed by atoms with E-state index in [2.05, 4.69) is 12.2 Å². The predicted molar refractivity (Wildman–Crippen MR) is 87.3 cm³/mol. The van der Waals surface area contributed by atoms with Gasteiger partial charge in [-0.05, 0) is 25.3 Å². The van der Waals surface area contributed by atoms with Crippen molar-refractivity contribution in [2.75, 3.05) is 13.6 Å².